The van der Waals surface area contributed by atoms with Gasteiger partial charge in [0.2, 0.25) is 0 Å². The summed E-state index contributed by atoms with van der Waals surface area (Å²) >= 11 is 0. The highest BCUT2D eigenvalue weighted by molar-refractivity contribution is 5.49. The van der Waals surface area contributed by atoms with Crippen LogP contribution in [0.5, 0.6) is 5.75 Å². The van der Waals surface area contributed by atoms with Crippen LogP contribution >= 0.6 is 0 Å². The molecule has 1 saturated heterocycles. The number of aliphatic hydroxyl groups is 1. The topological polar surface area (TPSA) is 44.7 Å². The molecule has 1 atom stereocenters. The summed E-state index contributed by atoms with van der Waals surface area (Å²) in [5.41, 5.74) is 0.436. The fourth-order valence-corrected chi connectivity index (χ4v) is 2.13. The molecule has 0 radical (unpaired) electrons. The molecule has 2 N–H and O–H groups in total. The van der Waals surface area contributed by atoms with Crippen LogP contribution in [0.3, 0.4) is 0 Å². The smallest absolute Gasteiger partial charge is 0.119 e. The second-order valence-electron chi connectivity index (χ2n) is 4.79. The third-order valence-corrected chi connectivity index (χ3v) is 3.03. The van der Waals surface area contributed by atoms with Gasteiger partial charge in [0.1, 0.15) is 5.75 Å². The maximum Gasteiger partial charge on any atom is 0.119 e. The molecule has 1 aliphatic heterocycles. The molecule has 0 bridgehead atoms. The molecule has 4 heteroatoms. The van der Waals surface area contributed by atoms with Gasteiger partial charge in [-0.25, -0.2) is 0 Å². The quantitative estimate of drug-likeness (QED) is 0.799. The second-order valence-corrected chi connectivity index (χ2v) is 4.79. The third kappa shape index (κ3) is 3.11. The minimum atomic E-state index is -0.684. The first-order chi connectivity index (χ1) is 8.11. The summed E-state index contributed by atoms with van der Waals surface area (Å²) in [5, 5.41) is 13.4. The molecule has 94 valence electrons. The van der Waals surface area contributed by atoms with Gasteiger partial charge in [-0.15, -0.1) is 0 Å². The fraction of sp³-hybridized carbons (Fsp3) is 0.538. The minimum Gasteiger partial charge on any atom is -0.497 e. The number of rotatable bonds is 2. The zero-order chi connectivity index (χ0) is 12.3. The summed E-state index contributed by atoms with van der Waals surface area (Å²) in [4.78, 5) is 2.19. The van der Waals surface area contributed by atoms with Crippen LogP contribution < -0.4 is 15.0 Å². The summed E-state index contributed by atoms with van der Waals surface area (Å²) in [5.74, 6) is 0.855. The van der Waals surface area contributed by atoms with Gasteiger partial charge >= 0.3 is 0 Å². The van der Waals surface area contributed by atoms with Gasteiger partial charge in [0, 0.05) is 31.9 Å². The van der Waals surface area contributed by atoms with E-state index in [-0.39, 0.29) is 0 Å². The van der Waals surface area contributed by atoms with Crippen molar-refractivity contribution < 1.29 is 9.84 Å². The Morgan fingerprint density at radius 3 is 2.71 bits per heavy atom. The Labute approximate surface area is 102 Å². The molecule has 17 heavy (non-hydrogen) atoms. The number of β-amino-alcohol motifs (C(OH)–C–C–N with tert-alkyl or cyclic N) is 1. The van der Waals surface area contributed by atoms with Crippen molar-refractivity contribution in [3.05, 3.63) is 24.3 Å². The fourth-order valence-electron chi connectivity index (χ4n) is 2.13. The van der Waals surface area contributed by atoms with Crippen LogP contribution in [0.15, 0.2) is 24.3 Å². The number of hydrogen-bond donors (Lipinski definition) is 2. The van der Waals surface area contributed by atoms with Crippen molar-refractivity contribution in [3.8, 4) is 5.75 Å². The standard InChI is InChI=1S/C13H20N2O2/c1-13(16)9-14-7-8-15(10-13)11-3-5-12(17-2)6-4-11/h3-6,14,16H,7-10H2,1-2H3. The Bertz CT molecular complexity index is 362. The second kappa shape index (κ2) is 4.94. The van der Waals surface area contributed by atoms with Crippen molar-refractivity contribution in [2.75, 3.05) is 38.2 Å². The van der Waals surface area contributed by atoms with Gasteiger partial charge in [0.05, 0.1) is 12.7 Å². The molecule has 1 aliphatic rings. The van der Waals surface area contributed by atoms with E-state index in [2.05, 4.69) is 10.2 Å². The molecule has 1 heterocycles. The summed E-state index contributed by atoms with van der Waals surface area (Å²) in [6.07, 6.45) is 0. The van der Waals surface area contributed by atoms with Crippen molar-refractivity contribution in [1.82, 2.24) is 5.32 Å². The maximum atomic E-state index is 10.2. The van der Waals surface area contributed by atoms with Crippen LogP contribution in [0, 0.1) is 0 Å². The maximum absolute atomic E-state index is 10.2. The summed E-state index contributed by atoms with van der Waals surface area (Å²) in [6, 6.07) is 7.95. The van der Waals surface area contributed by atoms with E-state index in [0.717, 1.165) is 24.5 Å². The van der Waals surface area contributed by atoms with E-state index in [1.807, 2.05) is 31.2 Å². The van der Waals surface area contributed by atoms with Gasteiger partial charge in [0.25, 0.3) is 0 Å². The molecular weight excluding hydrogens is 216 g/mol. The molecule has 0 aromatic heterocycles. The molecule has 0 saturated carbocycles. The van der Waals surface area contributed by atoms with Crippen LogP contribution in [-0.4, -0.2) is 44.0 Å². The number of methoxy groups -OCH3 is 1. The average molecular weight is 236 g/mol. The third-order valence-electron chi connectivity index (χ3n) is 3.03. The van der Waals surface area contributed by atoms with E-state index in [1.165, 1.54) is 0 Å². The predicted molar refractivity (Wildman–Crippen MR) is 68.7 cm³/mol. The minimum absolute atomic E-state index is 0.639. The van der Waals surface area contributed by atoms with Crippen LogP contribution in [-0.2, 0) is 0 Å². The summed E-state index contributed by atoms with van der Waals surface area (Å²) in [6.45, 7) is 4.94. The Kier molecular flexibility index (Phi) is 3.54. The SMILES string of the molecule is COc1ccc(N2CCNCC(C)(O)C2)cc1. The van der Waals surface area contributed by atoms with E-state index < -0.39 is 5.60 Å². The molecule has 1 aromatic carbocycles. The summed E-state index contributed by atoms with van der Waals surface area (Å²) in [7, 11) is 1.66. The van der Waals surface area contributed by atoms with Crippen LogP contribution in [0.1, 0.15) is 6.92 Å². The normalized spacial score (nSPS) is 25.5. The molecular formula is C13H20N2O2. The van der Waals surface area contributed by atoms with Crippen molar-refractivity contribution >= 4 is 5.69 Å². The van der Waals surface area contributed by atoms with Gasteiger partial charge in [-0.05, 0) is 31.2 Å². The molecule has 0 amide bonds. The first kappa shape index (κ1) is 12.2. The van der Waals surface area contributed by atoms with Crippen molar-refractivity contribution in [1.29, 1.82) is 0 Å². The monoisotopic (exact) mass is 236 g/mol. The van der Waals surface area contributed by atoms with Crippen LogP contribution in [0.2, 0.25) is 0 Å². The predicted octanol–water partition coefficient (Wildman–Crippen LogP) is 0.856. The molecule has 1 unspecified atom stereocenters. The first-order valence-electron chi connectivity index (χ1n) is 5.93. The Morgan fingerprint density at radius 2 is 2.06 bits per heavy atom. The number of nitrogens with one attached hydrogen (secondary N) is 1. The van der Waals surface area contributed by atoms with Crippen LogP contribution in [0.4, 0.5) is 5.69 Å². The van der Waals surface area contributed by atoms with E-state index in [1.54, 1.807) is 7.11 Å². The number of nitrogens with zero attached hydrogens (tertiary/aromatic N) is 1. The molecule has 1 aromatic rings. The zero-order valence-corrected chi connectivity index (χ0v) is 10.4. The van der Waals surface area contributed by atoms with Gasteiger partial charge in [-0.1, -0.05) is 0 Å². The lowest BCUT2D eigenvalue weighted by Crippen LogP contribution is -2.43. The lowest BCUT2D eigenvalue weighted by molar-refractivity contribution is 0.0729. The zero-order valence-electron chi connectivity index (χ0n) is 10.4. The molecule has 1 fully saturated rings. The highest BCUT2D eigenvalue weighted by Crippen LogP contribution is 2.21. The van der Waals surface area contributed by atoms with E-state index >= 15 is 0 Å². The van der Waals surface area contributed by atoms with Gasteiger partial charge in [0.15, 0.2) is 0 Å². The molecule has 4 nitrogen and oxygen atoms in total. The highest BCUT2D eigenvalue weighted by atomic mass is 16.5. The number of benzene rings is 1. The first-order valence-corrected chi connectivity index (χ1v) is 5.93. The average Bonchev–Trinajstić information content (AvgIpc) is 2.50. The molecule has 0 aliphatic carbocycles. The lowest BCUT2D eigenvalue weighted by Gasteiger charge is -2.29. The Balaban J connectivity index is 2.14. The Hall–Kier alpha value is -1.26. The highest BCUT2D eigenvalue weighted by Gasteiger charge is 2.26. The number of ether oxygens (including phenoxy) is 1. The van der Waals surface area contributed by atoms with Crippen molar-refractivity contribution in [2.24, 2.45) is 0 Å². The van der Waals surface area contributed by atoms with E-state index in [9.17, 15) is 5.11 Å². The van der Waals surface area contributed by atoms with Gasteiger partial charge in [-0.2, -0.15) is 0 Å². The van der Waals surface area contributed by atoms with Crippen molar-refractivity contribution in [3.63, 3.8) is 0 Å². The van der Waals surface area contributed by atoms with Gasteiger partial charge in [-0.3, -0.25) is 0 Å². The van der Waals surface area contributed by atoms with E-state index in [4.69, 9.17) is 4.74 Å². The van der Waals surface area contributed by atoms with E-state index in [0.29, 0.717) is 13.1 Å². The number of hydrogen-bond acceptors (Lipinski definition) is 4. The molecule has 2 rings (SSSR count). The molecule has 0 spiro atoms. The van der Waals surface area contributed by atoms with Crippen molar-refractivity contribution in [2.45, 2.75) is 12.5 Å². The van der Waals surface area contributed by atoms with Crippen LogP contribution in [0.25, 0.3) is 0 Å². The largest absolute Gasteiger partial charge is 0.497 e. The van der Waals surface area contributed by atoms with Gasteiger partial charge < -0.3 is 20.1 Å². The number of anilines is 1. The summed E-state index contributed by atoms with van der Waals surface area (Å²) < 4.78 is 5.14. The lowest BCUT2D eigenvalue weighted by atomic mass is 10.1. The Morgan fingerprint density at radius 1 is 1.35 bits per heavy atom.